The second-order valence-electron chi connectivity index (χ2n) is 6.02. The fourth-order valence-electron chi connectivity index (χ4n) is 2.50. The maximum absolute atomic E-state index is 12.9. The van der Waals surface area contributed by atoms with Crippen LogP contribution in [-0.4, -0.2) is 45.3 Å². The summed E-state index contributed by atoms with van der Waals surface area (Å²) in [6.45, 7) is -0.388. The van der Waals surface area contributed by atoms with Gasteiger partial charge in [-0.15, -0.1) is 0 Å². The van der Waals surface area contributed by atoms with Crippen molar-refractivity contribution in [3.05, 3.63) is 59.0 Å². The summed E-state index contributed by atoms with van der Waals surface area (Å²) in [6, 6.07) is 4.49. The van der Waals surface area contributed by atoms with E-state index in [-0.39, 0.29) is 17.8 Å². The van der Waals surface area contributed by atoms with Crippen LogP contribution >= 0.6 is 11.6 Å². The lowest BCUT2D eigenvalue weighted by Gasteiger charge is -2.17. The van der Waals surface area contributed by atoms with Gasteiger partial charge < -0.3 is 10.2 Å². The molecule has 0 aliphatic rings. The number of pyridine rings is 1. The molecule has 29 heavy (non-hydrogen) atoms. The molecule has 0 unspecified atom stereocenters. The molecule has 3 rings (SSSR count). The SMILES string of the molecule is CN(CC(=O)Nc1ccc(Cl)c(C(F)(F)F)c1)C(=O)c1cnc2nccnc2c1. The molecule has 1 aromatic carbocycles. The van der Waals surface area contributed by atoms with Crippen molar-refractivity contribution >= 4 is 40.3 Å². The second kappa shape index (κ2) is 8.00. The van der Waals surface area contributed by atoms with Gasteiger partial charge in [0.25, 0.3) is 5.91 Å². The number of carbonyl (C=O) groups excluding carboxylic acids is 2. The predicted molar refractivity (Wildman–Crippen MR) is 99.4 cm³/mol. The Morgan fingerprint density at radius 3 is 2.59 bits per heavy atom. The lowest BCUT2D eigenvalue weighted by Crippen LogP contribution is -2.35. The molecule has 0 fully saturated rings. The third kappa shape index (κ3) is 4.77. The van der Waals surface area contributed by atoms with Crippen molar-refractivity contribution in [1.29, 1.82) is 0 Å². The van der Waals surface area contributed by atoms with Crippen molar-refractivity contribution in [2.75, 3.05) is 18.9 Å². The summed E-state index contributed by atoms with van der Waals surface area (Å²) in [5.74, 6) is -1.18. The summed E-state index contributed by atoms with van der Waals surface area (Å²) < 4.78 is 38.7. The molecule has 7 nitrogen and oxygen atoms in total. The van der Waals surface area contributed by atoms with Gasteiger partial charge in [0.05, 0.1) is 22.7 Å². The van der Waals surface area contributed by atoms with Gasteiger partial charge in [-0.2, -0.15) is 13.2 Å². The highest BCUT2D eigenvalue weighted by Gasteiger charge is 2.33. The Kier molecular flexibility index (Phi) is 5.64. The molecule has 150 valence electrons. The summed E-state index contributed by atoms with van der Waals surface area (Å²) in [5.41, 5.74) is -0.177. The average molecular weight is 424 g/mol. The minimum absolute atomic E-state index is 0.0878. The van der Waals surface area contributed by atoms with Gasteiger partial charge in [0.15, 0.2) is 5.65 Å². The van der Waals surface area contributed by atoms with Gasteiger partial charge >= 0.3 is 6.18 Å². The number of hydrogen-bond acceptors (Lipinski definition) is 5. The molecule has 0 aliphatic heterocycles. The maximum atomic E-state index is 12.9. The van der Waals surface area contributed by atoms with Crippen LogP contribution in [-0.2, 0) is 11.0 Å². The van der Waals surface area contributed by atoms with E-state index in [2.05, 4.69) is 20.3 Å². The lowest BCUT2D eigenvalue weighted by molar-refractivity contribution is -0.137. The Labute approximate surface area is 167 Å². The molecule has 0 aliphatic carbocycles. The Bertz CT molecular complexity index is 1090. The molecule has 0 saturated heterocycles. The van der Waals surface area contributed by atoms with Gasteiger partial charge in [0.2, 0.25) is 5.91 Å². The fraction of sp³-hybridized carbons (Fsp3) is 0.167. The highest BCUT2D eigenvalue weighted by atomic mass is 35.5. The normalized spacial score (nSPS) is 11.3. The first-order valence-electron chi connectivity index (χ1n) is 8.14. The van der Waals surface area contributed by atoms with Gasteiger partial charge in [-0.3, -0.25) is 14.6 Å². The molecule has 0 bridgehead atoms. The predicted octanol–water partition coefficient (Wildman–Crippen LogP) is 3.41. The van der Waals surface area contributed by atoms with Crippen molar-refractivity contribution in [1.82, 2.24) is 19.9 Å². The molecular weight excluding hydrogens is 411 g/mol. The standard InChI is InChI=1S/C18H13ClF3N5O2/c1-27(17(29)10-6-14-16(25-8-10)24-5-4-23-14)9-15(28)26-11-2-3-13(19)12(7-11)18(20,21)22/h2-8H,9H2,1H3,(H,26,28). The van der Waals surface area contributed by atoms with Gasteiger partial charge in [-0.1, -0.05) is 11.6 Å². The molecule has 0 saturated carbocycles. The molecule has 11 heteroatoms. The van der Waals surface area contributed by atoms with Crippen LogP contribution < -0.4 is 5.32 Å². The molecular formula is C18H13ClF3N5O2. The van der Waals surface area contributed by atoms with E-state index in [1.807, 2.05) is 0 Å². The van der Waals surface area contributed by atoms with Gasteiger partial charge in [0, 0.05) is 31.3 Å². The van der Waals surface area contributed by atoms with Gasteiger partial charge in [-0.25, -0.2) is 9.97 Å². The van der Waals surface area contributed by atoms with E-state index in [4.69, 9.17) is 11.6 Å². The lowest BCUT2D eigenvalue weighted by atomic mass is 10.2. The number of likely N-dealkylation sites (N-methyl/N-ethyl adjacent to an activating group) is 1. The number of alkyl halides is 3. The first-order chi connectivity index (χ1) is 13.6. The molecule has 2 aromatic heterocycles. The molecule has 2 heterocycles. The first-order valence-corrected chi connectivity index (χ1v) is 8.52. The number of rotatable bonds is 4. The van der Waals surface area contributed by atoms with Crippen molar-refractivity contribution in [2.24, 2.45) is 0 Å². The first kappa shape index (κ1) is 20.5. The zero-order chi connectivity index (χ0) is 21.2. The number of nitrogens with one attached hydrogen (secondary N) is 1. The van der Waals surface area contributed by atoms with Crippen LogP contribution in [0.25, 0.3) is 11.2 Å². The zero-order valence-corrected chi connectivity index (χ0v) is 15.6. The van der Waals surface area contributed by atoms with Crippen LogP contribution in [0.2, 0.25) is 5.02 Å². The summed E-state index contributed by atoms with van der Waals surface area (Å²) in [4.78, 5) is 37.9. The Hall–Kier alpha value is -3.27. The second-order valence-corrected chi connectivity index (χ2v) is 6.43. The van der Waals surface area contributed by atoms with E-state index in [1.165, 1.54) is 37.8 Å². The maximum Gasteiger partial charge on any atom is 0.417 e. The molecule has 2 amide bonds. The summed E-state index contributed by atoms with van der Waals surface area (Å²) in [6.07, 6.45) is -0.426. The van der Waals surface area contributed by atoms with Gasteiger partial charge in [0.1, 0.15) is 5.52 Å². The zero-order valence-electron chi connectivity index (χ0n) is 14.9. The summed E-state index contributed by atoms with van der Waals surface area (Å²) >= 11 is 5.55. The molecule has 3 aromatic rings. The summed E-state index contributed by atoms with van der Waals surface area (Å²) in [7, 11) is 1.38. The van der Waals surface area contributed by atoms with Crippen LogP contribution in [0.5, 0.6) is 0 Å². The highest BCUT2D eigenvalue weighted by Crippen LogP contribution is 2.36. The van der Waals surface area contributed by atoms with E-state index in [9.17, 15) is 22.8 Å². The van der Waals surface area contributed by atoms with E-state index >= 15 is 0 Å². The third-order valence-electron chi connectivity index (χ3n) is 3.85. The highest BCUT2D eigenvalue weighted by molar-refractivity contribution is 6.31. The average Bonchev–Trinajstić information content (AvgIpc) is 2.67. The summed E-state index contributed by atoms with van der Waals surface area (Å²) in [5, 5.41) is 1.84. The molecule has 1 N–H and O–H groups in total. The monoisotopic (exact) mass is 423 g/mol. The minimum atomic E-state index is -4.66. The van der Waals surface area contributed by atoms with Crippen molar-refractivity contribution in [2.45, 2.75) is 6.18 Å². The number of amides is 2. The number of fused-ring (bicyclic) bond motifs is 1. The van der Waals surface area contributed by atoms with E-state index in [1.54, 1.807) is 0 Å². The number of benzene rings is 1. The number of anilines is 1. The van der Waals surface area contributed by atoms with Gasteiger partial charge in [-0.05, 0) is 24.3 Å². The topological polar surface area (TPSA) is 88.1 Å². The quantitative estimate of drug-likeness (QED) is 0.694. The Morgan fingerprint density at radius 1 is 1.14 bits per heavy atom. The number of halogens is 4. The van der Waals surface area contributed by atoms with Crippen molar-refractivity contribution < 1.29 is 22.8 Å². The largest absolute Gasteiger partial charge is 0.417 e. The van der Waals surface area contributed by atoms with Crippen LogP contribution in [0, 0.1) is 0 Å². The molecule has 0 spiro atoms. The molecule has 0 radical (unpaired) electrons. The van der Waals surface area contributed by atoms with E-state index in [0.717, 1.165) is 17.0 Å². The van der Waals surface area contributed by atoms with Crippen LogP contribution in [0.3, 0.4) is 0 Å². The third-order valence-corrected chi connectivity index (χ3v) is 4.18. The number of hydrogen-bond donors (Lipinski definition) is 1. The minimum Gasteiger partial charge on any atom is -0.332 e. The number of aromatic nitrogens is 3. The van der Waals surface area contributed by atoms with E-state index < -0.39 is 28.6 Å². The fourth-order valence-corrected chi connectivity index (χ4v) is 2.73. The van der Waals surface area contributed by atoms with Crippen molar-refractivity contribution in [3.8, 4) is 0 Å². The van der Waals surface area contributed by atoms with Crippen LogP contribution in [0.4, 0.5) is 18.9 Å². The Morgan fingerprint density at radius 2 is 1.86 bits per heavy atom. The van der Waals surface area contributed by atoms with E-state index in [0.29, 0.717) is 11.2 Å². The van der Waals surface area contributed by atoms with Crippen LogP contribution in [0.15, 0.2) is 42.9 Å². The number of nitrogens with zero attached hydrogens (tertiary/aromatic N) is 4. The molecule has 0 atom stereocenters. The Balaban J connectivity index is 1.69. The number of carbonyl (C=O) groups is 2. The van der Waals surface area contributed by atoms with Crippen LogP contribution in [0.1, 0.15) is 15.9 Å². The smallest absolute Gasteiger partial charge is 0.332 e. The van der Waals surface area contributed by atoms with Crippen molar-refractivity contribution in [3.63, 3.8) is 0 Å².